The Balaban J connectivity index is 1.96. The number of hydrogen-bond donors (Lipinski definition) is 1. The summed E-state index contributed by atoms with van der Waals surface area (Å²) in [6, 6.07) is 0.722. The van der Waals surface area contributed by atoms with Crippen LogP contribution in [0.4, 0.5) is 0 Å². The molecule has 0 aromatic rings. The van der Waals surface area contributed by atoms with Crippen molar-refractivity contribution in [3.63, 3.8) is 0 Å². The molecule has 2 unspecified atom stereocenters. The summed E-state index contributed by atoms with van der Waals surface area (Å²) in [5.74, 6) is 0.818. The minimum Gasteiger partial charge on any atom is -0.388 e. The Morgan fingerprint density at radius 2 is 2.23 bits per heavy atom. The normalized spacial score (nSPS) is 41.2. The maximum atomic E-state index is 9.50. The van der Waals surface area contributed by atoms with E-state index in [-0.39, 0.29) is 6.10 Å². The molecular weight excluding hydrogens is 162 g/mol. The van der Waals surface area contributed by atoms with Crippen molar-refractivity contribution >= 4 is 0 Å². The van der Waals surface area contributed by atoms with Gasteiger partial charge in [-0.05, 0) is 18.8 Å². The Morgan fingerprint density at radius 3 is 2.85 bits per heavy atom. The van der Waals surface area contributed by atoms with Crippen molar-refractivity contribution in [3.8, 4) is 0 Å². The molecule has 13 heavy (non-hydrogen) atoms. The van der Waals surface area contributed by atoms with Crippen LogP contribution in [0.2, 0.25) is 0 Å². The average molecular weight is 181 g/mol. The molecule has 1 aliphatic carbocycles. The van der Waals surface area contributed by atoms with Gasteiger partial charge in [-0.3, -0.25) is 4.90 Å². The highest BCUT2D eigenvalue weighted by Gasteiger charge is 2.30. The molecule has 2 aliphatic rings. The number of rotatable bonds is 1. The molecular formula is C11H19NO. The van der Waals surface area contributed by atoms with Crippen molar-refractivity contribution < 1.29 is 5.11 Å². The van der Waals surface area contributed by atoms with Crippen molar-refractivity contribution in [2.75, 3.05) is 13.1 Å². The predicted octanol–water partition coefficient (Wildman–Crippen LogP) is 1.41. The van der Waals surface area contributed by atoms with Crippen LogP contribution in [-0.4, -0.2) is 35.2 Å². The van der Waals surface area contributed by atoms with Crippen molar-refractivity contribution in [3.05, 3.63) is 12.2 Å². The summed E-state index contributed by atoms with van der Waals surface area (Å²) in [5.41, 5.74) is 0. The number of aliphatic hydroxyl groups excluding tert-OH is 1. The fourth-order valence-electron chi connectivity index (χ4n) is 2.67. The van der Waals surface area contributed by atoms with E-state index < -0.39 is 0 Å². The van der Waals surface area contributed by atoms with Crippen LogP contribution in [0.25, 0.3) is 0 Å². The fraction of sp³-hybridized carbons (Fsp3) is 0.818. The van der Waals surface area contributed by atoms with Crippen LogP contribution in [0.1, 0.15) is 26.2 Å². The van der Waals surface area contributed by atoms with Gasteiger partial charge in [0.15, 0.2) is 0 Å². The highest BCUT2D eigenvalue weighted by Crippen LogP contribution is 2.30. The molecule has 2 heteroatoms. The lowest BCUT2D eigenvalue weighted by atomic mass is 10.0. The van der Waals surface area contributed by atoms with Gasteiger partial charge in [0.2, 0.25) is 0 Å². The summed E-state index contributed by atoms with van der Waals surface area (Å²) in [6.45, 7) is 4.21. The lowest BCUT2D eigenvalue weighted by molar-refractivity contribution is 0.1000. The Kier molecular flexibility index (Phi) is 2.70. The third-order valence-electron chi connectivity index (χ3n) is 3.40. The minimum atomic E-state index is -0.235. The van der Waals surface area contributed by atoms with Crippen LogP contribution >= 0.6 is 0 Å². The zero-order chi connectivity index (χ0) is 9.26. The van der Waals surface area contributed by atoms with Crippen LogP contribution in [0, 0.1) is 5.92 Å². The van der Waals surface area contributed by atoms with Gasteiger partial charge in [0.1, 0.15) is 0 Å². The molecule has 1 aliphatic heterocycles. The van der Waals surface area contributed by atoms with E-state index in [1.165, 1.54) is 19.3 Å². The summed E-state index contributed by atoms with van der Waals surface area (Å²) >= 11 is 0. The van der Waals surface area contributed by atoms with E-state index in [0.29, 0.717) is 0 Å². The largest absolute Gasteiger partial charge is 0.388 e. The van der Waals surface area contributed by atoms with Gasteiger partial charge in [-0.15, -0.1) is 0 Å². The van der Waals surface area contributed by atoms with Crippen LogP contribution in [0.3, 0.4) is 0 Å². The molecule has 0 amide bonds. The van der Waals surface area contributed by atoms with Crippen molar-refractivity contribution in [1.29, 1.82) is 0 Å². The fourth-order valence-corrected chi connectivity index (χ4v) is 2.67. The zero-order valence-corrected chi connectivity index (χ0v) is 8.32. The quantitative estimate of drug-likeness (QED) is 0.618. The summed E-state index contributed by atoms with van der Waals surface area (Å²) in [4.78, 5) is 2.43. The van der Waals surface area contributed by atoms with Gasteiger partial charge in [-0.1, -0.05) is 25.5 Å². The number of β-amino-alcohol motifs (C(OH)–C–C–N with tert-alkyl or cyclic N) is 1. The van der Waals surface area contributed by atoms with Crippen LogP contribution in [-0.2, 0) is 0 Å². The topological polar surface area (TPSA) is 23.5 Å². The minimum absolute atomic E-state index is 0.235. The van der Waals surface area contributed by atoms with Crippen molar-refractivity contribution in [2.45, 2.75) is 38.3 Å². The molecule has 74 valence electrons. The summed E-state index contributed by atoms with van der Waals surface area (Å²) in [7, 11) is 0. The molecule has 0 bridgehead atoms. The third-order valence-corrected chi connectivity index (χ3v) is 3.40. The Morgan fingerprint density at radius 1 is 1.38 bits per heavy atom. The van der Waals surface area contributed by atoms with E-state index in [9.17, 15) is 5.11 Å². The smallest absolute Gasteiger partial charge is 0.0848 e. The molecule has 0 radical (unpaired) electrons. The molecule has 1 saturated carbocycles. The molecule has 2 nitrogen and oxygen atoms in total. The number of nitrogens with zero attached hydrogens (tertiary/aromatic N) is 1. The van der Waals surface area contributed by atoms with Crippen LogP contribution in [0.15, 0.2) is 12.2 Å². The van der Waals surface area contributed by atoms with Crippen molar-refractivity contribution in [2.24, 2.45) is 5.92 Å². The molecule has 1 heterocycles. The molecule has 1 N–H and O–H groups in total. The molecule has 2 rings (SSSR count). The summed E-state index contributed by atoms with van der Waals surface area (Å²) in [6.07, 6.45) is 7.82. The van der Waals surface area contributed by atoms with Gasteiger partial charge in [-0.2, -0.15) is 0 Å². The van der Waals surface area contributed by atoms with E-state index in [4.69, 9.17) is 0 Å². The molecule has 0 aromatic carbocycles. The second kappa shape index (κ2) is 3.81. The van der Waals surface area contributed by atoms with Gasteiger partial charge in [-0.25, -0.2) is 0 Å². The summed E-state index contributed by atoms with van der Waals surface area (Å²) < 4.78 is 0. The molecule has 1 fully saturated rings. The average Bonchev–Trinajstić information content (AvgIpc) is 2.51. The molecule has 0 saturated heterocycles. The monoisotopic (exact) mass is 181 g/mol. The second-order valence-electron chi connectivity index (χ2n) is 4.42. The molecule has 3 atom stereocenters. The molecule has 0 spiro atoms. The van der Waals surface area contributed by atoms with Crippen molar-refractivity contribution in [1.82, 2.24) is 4.90 Å². The standard InChI is InChI=1S/C11H19NO/c1-9-4-2-6-11(9)12-7-3-5-10(13)8-12/h3,5,9-11,13H,2,4,6-8H2,1H3/t9?,10-,11?/m1/s1. The Bertz CT molecular complexity index is 202. The Labute approximate surface area is 80.2 Å². The van der Waals surface area contributed by atoms with Gasteiger partial charge >= 0.3 is 0 Å². The van der Waals surface area contributed by atoms with E-state index in [2.05, 4.69) is 17.9 Å². The van der Waals surface area contributed by atoms with Gasteiger partial charge < -0.3 is 5.11 Å². The SMILES string of the molecule is CC1CCCC1N1CC=C[C@@H](O)C1. The third kappa shape index (κ3) is 1.94. The van der Waals surface area contributed by atoms with E-state index in [1.807, 2.05) is 6.08 Å². The first-order valence-corrected chi connectivity index (χ1v) is 5.36. The first-order valence-electron chi connectivity index (χ1n) is 5.36. The van der Waals surface area contributed by atoms with Crippen LogP contribution < -0.4 is 0 Å². The van der Waals surface area contributed by atoms with E-state index in [0.717, 1.165) is 25.0 Å². The summed E-state index contributed by atoms with van der Waals surface area (Å²) in [5, 5.41) is 9.50. The number of hydrogen-bond acceptors (Lipinski definition) is 2. The predicted molar refractivity (Wildman–Crippen MR) is 53.5 cm³/mol. The highest BCUT2D eigenvalue weighted by molar-refractivity contribution is 5.00. The Hall–Kier alpha value is -0.340. The van der Waals surface area contributed by atoms with E-state index >= 15 is 0 Å². The first-order chi connectivity index (χ1) is 6.27. The maximum Gasteiger partial charge on any atom is 0.0848 e. The van der Waals surface area contributed by atoms with E-state index in [1.54, 1.807) is 0 Å². The second-order valence-corrected chi connectivity index (χ2v) is 4.42. The maximum absolute atomic E-state index is 9.50. The first kappa shape index (κ1) is 9.22. The zero-order valence-electron chi connectivity index (χ0n) is 8.32. The molecule has 0 aromatic heterocycles. The van der Waals surface area contributed by atoms with Gasteiger partial charge in [0.25, 0.3) is 0 Å². The van der Waals surface area contributed by atoms with Gasteiger partial charge in [0, 0.05) is 19.1 Å². The van der Waals surface area contributed by atoms with Crippen LogP contribution in [0.5, 0.6) is 0 Å². The van der Waals surface area contributed by atoms with Gasteiger partial charge in [0.05, 0.1) is 6.10 Å². The lowest BCUT2D eigenvalue weighted by Crippen LogP contribution is -2.43. The lowest BCUT2D eigenvalue weighted by Gasteiger charge is -2.34. The number of aliphatic hydroxyl groups is 1. The highest BCUT2D eigenvalue weighted by atomic mass is 16.3.